The Hall–Kier alpha value is -2.91. The Morgan fingerprint density at radius 1 is 1.13 bits per heavy atom. The molecule has 1 saturated carbocycles. The molecule has 1 aromatic heterocycles. The number of aromatic nitrogens is 2. The Morgan fingerprint density at radius 2 is 1.83 bits per heavy atom. The van der Waals surface area contributed by atoms with Crippen LogP contribution in [0, 0.1) is 6.92 Å². The Balaban J connectivity index is 1.53. The second-order valence-electron chi connectivity index (χ2n) is 8.07. The molecule has 3 aromatic rings. The van der Waals surface area contributed by atoms with Crippen LogP contribution in [-0.4, -0.2) is 50.8 Å². The highest BCUT2D eigenvalue weighted by Gasteiger charge is 2.58. The molecule has 2 saturated heterocycles. The zero-order valence-corrected chi connectivity index (χ0v) is 17.1. The molecule has 9 heteroatoms. The second kappa shape index (κ2) is 6.55. The topological polar surface area (TPSA) is 113 Å². The molecule has 3 aliphatic rings. The molecule has 0 spiro atoms. The van der Waals surface area contributed by atoms with Crippen LogP contribution in [0.25, 0.3) is 10.9 Å². The van der Waals surface area contributed by atoms with Gasteiger partial charge in [0.15, 0.2) is 0 Å². The normalized spacial score (nSPS) is 23.6. The van der Waals surface area contributed by atoms with Crippen LogP contribution in [-0.2, 0) is 21.2 Å². The third kappa shape index (κ3) is 2.80. The number of hydrogen-bond acceptors (Lipinski definition) is 5. The van der Waals surface area contributed by atoms with Crippen molar-refractivity contribution in [2.45, 2.75) is 49.2 Å². The van der Waals surface area contributed by atoms with Gasteiger partial charge in [0.05, 0.1) is 28.6 Å². The molecule has 0 radical (unpaired) electrons. The van der Waals surface area contributed by atoms with E-state index in [0.29, 0.717) is 12.1 Å². The zero-order valence-electron chi connectivity index (χ0n) is 16.3. The number of aliphatic carboxylic acids is 1. The average Bonchev–Trinajstić information content (AvgIpc) is 3.33. The quantitative estimate of drug-likeness (QED) is 0.647. The predicted octanol–water partition coefficient (Wildman–Crippen LogP) is 2.45. The summed E-state index contributed by atoms with van der Waals surface area (Å²) in [5, 5.41) is 24.1. The molecule has 2 bridgehead atoms. The predicted molar refractivity (Wildman–Crippen MR) is 109 cm³/mol. The van der Waals surface area contributed by atoms with Gasteiger partial charge in [-0.3, -0.25) is 9.48 Å². The summed E-state index contributed by atoms with van der Waals surface area (Å²) in [6.07, 6.45) is 1.21. The molecular weight excluding hydrogens is 406 g/mol. The number of aromatic hydroxyl groups is 1. The van der Waals surface area contributed by atoms with Gasteiger partial charge in [-0.25, -0.2) is 8.42 Å². The van der Waals surface area contributed by atoms with E-state index in [9.17, 15) is 23.4 Å². The van der Waals surface area contributed by atoms with E-state index in [-0.39, 0.29) is 35.2 Å². The molecule has 8 nitrogen and oxygen atoms in total. The number of carboxylic acids is 1. The molecule has 2 aromatic carbocycles. The van der Waals surface area contributed by atoms with Crippen LogP contribution in [0.15, 0.2) is 47.4 Å². The minimum absolute atomic E-state index is 0.0164. The third-order valence-corrected chi connectivity index (χ3v) is 8.13. The maximum atomic E-state index is 13.2. The van der Waals surface area contributed by atoms with E-state index in [1.54, 1.807) is 4.31 Å². The van der Waals surface area contributed by atoms with E-state index in [1.807, 2.05) is 29.8 Å². The monoisotopic (exact) mass is 427 g/mol. The Morgan fingerprint density at radius 3 is 2.53 bits per heavy atom. The zero-order chi connectivity index (χ0) is 21.2. The first kappa shape index (κ1) is 19.1. The number of aryl methyl sites for hydroxylation is 1. The lowest BCUT2D eigenvalue weighted by atomic mass is 10.1. The average molecular weight is 427 g/mol. The van der Waals surface area contributed by atoms with Crippen LogP contribution in [0.1, 0.15) is 30.1 Å². The standard InChI is InChI=1S/C21H21N3O5S/c1-12-2-7-16-17(11-21(26)27)22-23(18(16)8-12)19-9-13-10-20(19)24(13)30(28,29)15-5-3-14(25)4-6-15/h2-8,13,19-20,25H,9-11H2,1H3,(H,26,27)/t13-,19+,20-/m0/s1. The van der Waals surface area contributed by atoms with Crippen LogP contribution in [0.5, 0.6) is 5.75 Å². The first-order chi connectivity index (χ1) is 14.3. The molecule has 30 heavy (non-hydrogen) atoms. The van der Waals surface area contributed by atoms with Crippen molar-refractivity contribution in [2.24, 2.45) is 0 Å². The van der Waals surface area contributed by atoms with Crippen molar-refractivity contribution in [2.75, 3.05) is 0 Å². The van der Waals surface area contributed by atoms with Crippen molar-refractivity contribution in [3.63, 3.8) is 0 Å². The van der Waals surface area contributed by atoms with Crippen LogP contribution in [0.3, 0.4) is 0 Å². The summed E-state index contributed by atoms with van der Waals surface area (Å²) in [6, 6.07) is 10.9. The smallest absolute Gasteiger partial charge is 0.309 e. The third-order valence-electron chi connectivity index (χ3n) is 6.14. The molecule has 3 fully saturated rings. The fourth-order valence-electron chi connectivity index (χ4n) is 4.80. The number of benzene rings is 2. The van der Waals surface area contributed by atoms with Crippen molar-refractivity contribution < 1.29 is 23.4 Å². The van der Waals surface area contributed by atoms with Crippen LogP contribution in [0.2, 0.25) is 0 Å². The molecule has 0 unspecified atom stereocenters. The fraction of sp³-hybridized carbons (Fsp3) is 0.333. The minimum Gasteiger partial charge on any atom is -0.508 e. The number of fused-ring (bicyclic) bond motifs is 2. The van der Waals surface area contributed by atoms with E-state index < -0.39 is 16.0 Å². The van der Waals surface area contributed by atoms with Crippen molar-refractivity contribution in [3.8, 4) is 5.75 Å². The molecule has 3 heterocycles. The van der Waals surface area contributed by atoms with Crippen molar-refractivity contribution >= 4 is 26.9 Å². The summed E-state index contributed by atoms with van der Waals surface area (Å²) < 4.78 is 29.7. The fourth-order valence-corrected chi connectivity index (χ4v) is 6.67. The van der Waals surface area contributed by atoms with Gasteiger partial charge in [0.2, 0.25) is 10.0 Å². The number of phenolic OH excluding ortho intramolecular Hbond substituents is 1. The van der Waals surface area contributed by atoms with Crippen LogP contribution < -0.4 is 0 Å². The number of sulfonamides is 1. The van der Waals surface area contributed by atoms with Gasteiger partial charge in [-0.05, 0) is 55.7 Å². The molecule has 0 amide bonds. The summed E-state index contributed by atoms with van der Waals surface area (Å²) in [7, 11) is -3.68. The number of phenols is 1. The molecule has 1 aliphatic carbocycles. The number of rotatable bonds is 5. The first-order valence-corrected chi connectivity index (χ1v) is 11.2. The van der Waals surface area contributed by atoms with Gasteiger partial charge in [0.1, 0.15) is 5.75 Å². The van der Waals surface area contributed by atoms with E-state index in [0.717, 1.165) is 22.9 Å². The minimum atomic E-state index is -3.68. The van der Waals surface area contributed by atoms with Gasteiger partial charge >= 0.3 is 5.97 Å². The lowest BCUT2D eigenvalue weighted by Gasteiger charge is -2.39. The summed E-state index contributed by atoms with van der Waals surface area (Å²) in [5.41, 5.74) is 2.37. The highest BCUT2D eigenvalue weighted by Crippen LogP contribution is 2.51. The Bertz CT molecular complexity index is 1270. The van der Waals surface area contributed by atoms with Gasteiger partial charge in [-0.15, -0.1) is 0 Å². The number of hydrogen-bond donors (Lipinski definition) is 2. The van der Waals surface area contributed by atoms with E-state index in [4.69, 9.17) is 0 Å². The SMILES string of the molecule is Cc1ccc2c(CC(=O)O)nn([C@@H]3C[C@H]4C[C@@H]3N4S(=O)(=O)c3ccc(O)cc3)c2c1. The molecule has 3 atom stereocenters. The highest BCUT2D eigenvalue weighted by atomic mass is 32.2. The lowest BCUT2D eigenvalue weighted by molar-refractivity contribution is -0.136. The van der Waals surface area contributed by atoms with E-state index in [1.165, 1.54) is 24.3 Å². The second-order valence-corrected chi connectivity index (χ2v) is 9.91. The van der Waals surface area contributed by atoms with Gasteiger partial charge in [-0.1, -0.05) is 12.1 Å². The van der Waals surface area contributed by atoms with E-state index >= 15 is 0 Å². The summed E-state index contributed by atoms with van der Waals surface area (Å²) >= 11 is 0. The number of nitrogens with zero attached hydrogens (tertiary/aromatic N) is 3. The van der Waals surface area contributed by atoms with Crippen LogP contribution >= 0.6 is 0 Å². The maximum Gasteiger partial charge on any atom is 0.309 e. The molecule has 6 rings (SSSR count). The lowest BCUT2D eigenvalue weighted by Crippen LogP contribution is -2.53. The maximum absolute atomic E-state index is 13.2. The van der Waals surface area contributed by atoms with Crippen molar-refractivity contribution in [1.29, 1.82) is 0 Å². The van der Waals surface area contributed by atoms with Crippen LogP contribution in [0.4, 0.5) is 0 Å². The van der Waals surface area contributed by atoms with Gasteiger partial charge < -0.3 is 10.2 Å². The summed E-state index contributed by atoms with van der Waals surface area (Å²) in [4.78, 5) is 11.4. The number of carbonyl (C=O) groups is 1. The Labute approximate surface area is 173 Å². The summed E-state index contributed by atoms with van der Waals surface area (Å²) in [6.45, 7) is 1.96. The molecular formula is C21H21N3O5S. The van der Waals surface area contributed by atoms with Crippen molar-refractivity contribution in [3.05, 3.63) is 53.7 Å². The van der Waals surface area contributed by atoms with Gasteiger partial charge in [-0.2, -0.15) is 9.40 Å². The van der Waals surface area contributed by atoms with E-state index in [2.05, 4.69) is 5.10 Å². The first-order valence-electron chi connectivity index (χ1n) is 9.78. The largest absolute Gasteiger partial charge is 0.508 e. The summed E-state index contributed by atoms with van der Waals surface area (Å²) in [5.74, 6) is -0.933. The molecule has 2 aliphatic heterocycles. The highest BCUT2D eigenvalue weighted by molar-refractivity contribution is 7.89. The van der Waals surface area contributed by atoms with Gasteiger partial charge in [0.25, 0.3) is 0 Å². The molecule has 2 N–H and O–H groups in total. The molecule has 156 valence electrons. The van der Waals surface area contributed by atoms with Crippen molar-refractivity contribution in [1.82, 2.24) is 14.1 Å². The Kier molecular flexibility index (Phi) is 4.16. The van der Waals surface area contributed by atoms with Gasteiger partial charge in [0, 0.05) is 17.5 Å². The number of carboxylic acid groups (broad SMARTS) is 1.